The molecule has 0 aliphatic carbocycles. The zero-order chi connectivity index (χ0) is 24.9. The first-order valence-electron chi connectivity index (χ1n) is 12.4. The van der Waals surface area contributed by atoms with Gasteiger partial charge in [0.2, 0.25) is 5.95 Å². The lowest BCUT2D eigenvalue weighted by Gasteiger charge is -2.42. The van der Waals surface area contributed by atoms with E-state index in [1.807, 2.05) is 12.1 Å². The smallest absolute Gasteiger partial charge is 0.229 e. The van der Waals surface area contributed by atoms with E-state index in [4.69, 9.17) is 4.74 Å². The van der Waals surface area contributed by atoms with Crippen LogP contribution >= 0.6 is 0 Å². The summed E-state index contributed by atoms with van der Waals surface area (Å²) in [5.74, 6) is -0.218. The summed E-state index contributed by atoms with van der Waals surface area (Å²) in [6, 6.07) is 7.04. The van der Waals surface area contributed by atoms with Gasteiger partial charge in [0.15, 0.2) is 17.4 Å². The molecule has 0 radical (unpaired) electrons. The van der Waals surface area contributed by atoms with E-state index in [2.05, 4.69) is 49.2 Å². The molecule has 2 aromatic heterocycles. The number of anilines is 4. The normalized spacial score (nSPS) is 20.5. The number of rotatable bonds is 4. The molecule has 3 aliphatic rings. The monoisotopic (exact) mass is 493 g/mol. The molecule has 1 atom stereocenters. The van der Waals surface area contributed by atoms with E-state index in [1.54, 1.807) is 12.3 Å². The van der Waals surface area contributed by atoms with Crippen molar-refractivity contribution in [2.45, 2.75) is 38.3 Å². The Morgan fingerprint density at radius 1 is 1.08 bits per heavy atom. The third kappa shape index (κ3) is 4.09. The van der Waals surface area contributed by atoms with Gasteiger partial charge in [-0.2, -0.15) is 0 Å². The third-order valence-corrected chi connectivity index (χ3v) is 7.30. The summed E-state index contributed by atoms with van der Waals surface area (Å²) in [4.78, 5) is 17.4. The van der Waals surface area contributed by atoms with Crippen LogP contribution in [0.4, 0.5) is 31.9 Å². The Labute approximate surface area is 208 Å². The molecular weight excluding hydrogens is 464 g/mol. The zero-order valence-electron chi connectivity index (χ0n) is 20.4. The second-order valence-electron chi connectivity index (χ2n) is 10.1. The molecule has 0 saturated carbocycles. The van der Waals surface area contributed by atoms with Crippen molar-refractivity contribution in [2.75, 3.05) is 47.9 Å². The average Bonchev–Trinajstić information content (AvgIpc) is 3.21. The predicted molar refractivity (Wildman–Crippen MR) is 135 cm³/mol. The highest BCUT2D eigenvalue weighted by Crippen LogP contribution is 2.47. The minimum Gasteiger partial charge on any atom is -0.486 e. The van der Waals surface area contributed by atoms with Crippen LogP contribution in [0.15, 0.2) is 36.7 Å². The SMILES string of the molecule is CC1(C)CCC2COc3c(F)cc(-c4nc(Nc5ccc(N6CCNCC6)cn5)ncc4F)cc3N21. The lowest BCUT2D eigenvalue weighted by molar-refractivity contribution is 0.252. The molecule has 0 amide bonds. The quantitative estimate of drug-likeness (QED) is 0.562. The standard InChI is InChI=1S/C26H29F2N7O/c1-26(2)6-5-18-15-36-24-19(27)11-16(12-21(24)35(18)26)23-20(28)14-31-25(33-23)32-22-4-3-17(13-30-22)34-9-7-29-8-10-34/h3-4,11-14,18,29H,5-10,15H2,1-2H3,(H,30,31,32,33). The number of piperazine rings is 1. The second kappa shape index (κ2) is 8.85. The highest BCUT2D eigenvalue weighted by atomic mass is 19.1. The summed E-state index contributed by atoms with van der Waals surface area (Å²) in [5.41, 5.74) is 1.89. The van der Waals surface area contributed by atoms with Gasteiger partial charge in [-0.05, 0) is 51.0 Å². The highest BCUT2D eigenvalue weighted by Gasteiger charge is 2.44. The molecule has 36 heavy (non-hydrogen) atoms. The Bertz CT molecular complexity index is 1280. The summed E-state index contributed by atoms with van der Waals surface area (Å²) in [5, 5.41) is 6.37. The minimum absolute atomic E-state index is 0.0192. The number of halogens is 2. The average molecular weight is 494 g/mol. The van der Waals surface area contributed by atoms with Crippen LogP contribution in [0.3, 0.4) is 0 Å². The number of pyridine rings is 1. The fraction of sp³-hybridized carbons (Fsp3) is 0.423. The van der Waals surface area contributed by atoms with Gasteiger partial charge in [-0.15, -0.1) is 0 Å². The number of benzene rings is 1. The molecular formula is C26H29F2N7O. The van der Waals surface area contributed by atoms with Crippen LogP contribution in [0.2, 0.25) is 0 Å². The maximum Gasteiger partial charge on any atom is 0.229 e. The first kappa shape index (κ1) is 22.9. The van der Waals surface area contributed by atoms with E-state index in [9.17, 15) is 4.39 Å². The lowest BCUT2D eigenvalue weighted by atomic mass is 10.0. The first-order valence-corrected chi connectivity index (χ1v) is 12.4. The molecule has 0 bridgehead atoms. The van der Waals surface area contributed by atoms with Gasteiger partial charge in [0.1, 0.15) is 18.1 Å². The van der Waals surface area contributed by atoms with Crippen LogP contribution in [-0.2, 0) is 0 Å². The van der Waals surface area contributed by atoms with Crippen molar-refractivity contribution in [3.8, 4) is 17.0 Å². The maximum atomic E-state index is 15.1. The topological polar surface area (TPSA) is 78.4 Å². The Kier molecular flexibility index (Phi) is 5.63. The van der Waals surface area contributed by atoms with Gasteiger partial charge in [0.25, 0.3) is 0 Å². The first-order chi connectivity index (χ1) is 17.4. The number of hydrogen-bond donors (Lipinski definition) is 2. The van der Waals surface area contributed by atoms with Gasteiger partial charge in [-0.3, -0.25) is 0 Å². The van der Waals surface area contributed by atoms with E-state index < -0.39 is 11.6 Å². The molecule has 1 aromatic carbocycles. The van der Waals surface area contributed by atoms with Gasteiger partial charge in [-0.25, -0.2) is 23.7 Å². The van der Waals surface area contributed by atoms with Crippen LogP contribution in [0, 0.1) is 11.6 Å². The molecule has 1 unspecified atom stereocenters. The number of aromatic nitrogens is 3. The molecule has 10 heteroatoms. The summed E-state index contributed by atoms with van der Waals surface area (Å²) in [7, 11) is 0. The van der Waals surface area contributed by atoms with Crippen molar-refractivity contribution in [3.63, 3.8) is 0 Å². The number of hydrogen-bond acceptors (Lipinski definition) is 8. The van der Waals surface area contributed by atoms with Gasteiger partial charge in [0, 0.05) is 37.3 Å². The van der Waals surface area contributed by atoms with Crippen molar-refractivity contribution in [1.82, 2.24) is 20.3 Å². The van der Waals surface area contributed by atoms with E-state index in [1.165, 1.54) is 6.07 Å². The molecule has 2 fully saturated rings. The second-order valence-corrected chi connectivity index (χ2v) is 10.1. The zero-order valence-corrected chi connectivity index (χ0v) is 20.4. The van der Waals surface area contributed by atoms with Crippen LogP contribution in [0.25, 0.3) is 11.3 Å². The number of nitrogens with zero attached hydrogens (tertiary/aromatic N) is 5. The third-order valence-electron chi connectivity index (χ3n) is 7.30. The Morgan fingerprint density at radius 2 is 1.92 bits per heavy atom. The van der Waals surface area contributed by atoms with Crippen molar-refractivity contribution in [3.05, 3.63) is 48.3 Å². The van der Waals surface area contributed by atoms with E-state index >= 15 is 4.39 Å². The molecule has 3 aliphatic heterocycles. The number of ether oxygens (including phenoxy) is 1. The molecule has 2 N–H and O–H groups in total. The van der Waals surface area contributed by atoms with Crippen LogP contribution in [-0.4, -0.2) is 59.3 Å². The van der Waals surface area contributed by atoms with E-state index in [0.717, 1.165) is 50.9 Å². The molecule has 188 valence electrons. The largest absolute Gasteiger partial charge is 0.486 e. The Hall–Kier alpha value is -3.53. The molecule has 2 saturated heterocycles. The Morgan fingerprint density at radius 3 is 2.69 bits per heavy atom. The number of fused-ring (bicyclic) bond motifs is 3. The molecule has 3 aromatic rings. The van der Waals surface area contributed by atoms with Crippen LogP contribution in [0.1, 0.15) is 26.7 Å². The van der Waals surface area contributed by atoms with Crippen LogP contribution in [0.5, 0.6) is 5.75 Å². The molecule has 5 heterocycles. The van der Waals surface area contributed by atoms with Gasteiger partial charge in [0.05, 0.1) is 29.8 Å². The highest BCUT2D eigenvalue weighted by molar-refractivity contribution is 5.74. The fourth-order valence-corrected chi connectivity index (χ4v) is 5.48. The molecule has 0 spiro atoms. The van der Waals surface area contributed by atoms with Gasteiger partial charge >= 0.3 is 0 Å². The van der Waals surface area contributed by atoms with E-state index in [0.29, 0.717) is 23.7 Å². The van der Waals surface area contributed by atoms with Crippen molar-refractivity contribution < 1.29 is 13.5 Å². The van der Waals surface area contributed by atoms with Gasteiger partial charge < -0.3 is 25.2 Å². The summed E-state index contributed by atoms with van der Waals surface area (Å²) >= 11 is 0. The van der Waals surface area contributed by atoms with E-state index in [-0.39, 0.29) is 29.0 Å². The van der Waals surface area contributed by atoms with Crippen molar-refractivity contribution in [1.29, 1.82) is 0 Å². The van der Waals surface area contributed by atoms with Gasteiger partial charge in [-0.1, -0.05) is 0 Å². The van der Waals surface area contributed by atoms with Crippen molar-refractivity contribution in [2.24, 2.45) is 0 Å². The summed E-state index contributed by atoms with van der Waals surface area (Å²) in [6.07, 6.45) is 4.83. The van der Waals surface area contributed by atoms with Crippen LogP contribution < -0.4 is 25.2 Å². The summed E-state index contributed by atoms with van der Waals surface area (Å²) < 4.78 is 35.8. The lowest BCUT2D eigenvalue weighted by Crippen LogP contribution is -2.48. The molecule has 6 rings (SSSR count). The fourth-order valence-electron chi connectivity index (χ4n) is 5.48. The Balaban J connectivity index is 1.29. The predicted octanol–water partition coefficient (Wildman–Crippen LogP) is 4.11. The van der Waals surface area contributed by atoms with Crippen molar-refractivity contribution >= 4 is 23.1 Å². The molecule has 8 nitrogen and oxygen atoms in total. The summed E-state index contributed by atoms with van der Waals surface area (Å²) in [6.45, 7) is 8.46. The minimum atomic E-state index is -0.629. The number of nitrogens with one attached hydrogen (secondary N) is 2. The maximum absolute atomic E-state index is 15.1.